The molecule has 102 valence electrons. The van der Waals surface area contributed by atoms with Crippen LogP contribution in [0.25, 0.3) is 10.8 Å². The fourth-order valence-corrected chi connectivity index (χ4v) is 2.56. The lowest BCUT2D eigenvalue weighted by Crippen LogP contribution is -2.01. The highest BCUT2D eigenvalue weighted by Gasteiger charge is 2.10. The summed E-state index contributed by atoms with van der Waals surface area (Å²) in [5.41, 5.74) is 2.26. The molecule has 0 saturated heterocycles. The number of fused-ring (bicyclic) bond motifs is 1. The van der Waals surface area contributed by atoms with E-state index in [1.807, 2.05) is 10.9 Å². The number of hydrogen-bond acceptors (Lipinski definition) is 2. The second kappa shape index (κ2) is 5.75. The third kappa shape index (κ3) is 2.61. The van der Waals surface area contributed by atoms with Gasteiger partial charge in [-0.15, -0.1) is 5.10 Å². The fourth-order valence-electron chi connectivity index (χ4n) is 2.35. The van der Waals surface area contributed by atoms with Gasteiger partial charge in [-0.1, -0.05) is 70.5 Å². The van der Waals surface area contributed by atoms with Crippen molar-refractivity contribution in [1.82, 2.24) is 15.0 Å². The van der Waals surface area contributed by atoms with Crippen molar-refractivity contribution in [3.8, 4) is 0 Å². The summed E-state index contributed by atoms with van der Waals surface area (Å²) in [6, 6.07) is 14.8. The fraction of sp³-hybridized carbons (Fsp3) is 0.250. The molecule has 3 aromatic rings. The number of nitrogens with zero attached hydrogens (tertiary/aromatic N) is 3. The first-order valence-corrected chi connectivity index (χ1v) is 7.70. The number of benzene rings is 2. The van der Waals surface area contributed by atoms with Crippen molar-refractivity contribution in [2.24, 2.45) is 0 Å². The van der Waals surface area contributed by atoms with Crippen molar-refractivity contribution < 1.29 is 0 Å². The van der Waals surface area contributed by atoms with Gasteiger partial charge < -0.3 is 0 Å². The Hall–Kier alpha value is -1.68. The van der Waals surface area contributed by atoms with Crippen molar-refractivity contribution in [1.29, 1.82) is 0 Å². The highest BCUT2D eigenvalue weighted by Crippen LogP contribution is 2.24. The molecule has 20 heavy (non-hydrogen) atoms. The second-order valence-corrected chi connectivity index (χ2v) is 5.96. The minimum atomic E-state index is 0.281. The minimum absolute atomic E-state index is 0.281. The third-order valence-electron chi connectivity index (χ3n) is 3.45. The summed E-state index contributed by atoms with van der Waals surface area (Å²) in [5.74, 6) is 0. The van der Waals surface area contributed by atoms with Crippen molar-refractivity contribution in [2.45, 2.75) is 24.7 Å². The van der Waals surface area contributed by atoms with Gasteiger partial charge in [-0.2, -0.15) is 0 Å². The van der Waals surface area contributed by atoms with Crippen LogP contribution >= 0.6 is 15.9 Å². The van der Waals surface area contributed by atoms with Crippen LogP contribution in [0.15, 0.2) is 48.7 Å². The van der Waals surface area contributed by atoms with Crippen LogP contribution in [0.4, 0.5) is 0 Å². The largest absolute Gasteiger partial charge is 0.248 e. The van der Waals surface area contributed by atoms with Gasteiger partial charge in [0.25, 0.3) is 0 Å². The summed E-state index contributed by atoms with van der Waals surface area (Å²) >= 11 is 3.61. The van der Waals surface area contributed by atoms with Crippen molar-refractivity contribution >= 4 is 26.7 Å². The summed E-state index contributed by atoms with van der Waals surface area (Å²) in [7, 11) is 0. The minimum Gasteiger partial charge on any atom is -0.248 e. The summed E-state index contributed by atoms with van der Waals surface area (Å²) < 4.78 is 1.90. The molecule has 3 rings (SSSR count). The summed E-state index contributed by atoms with van der Waals surface area (Å²) in [6.45, 7) is 2.88. The normalized spacial score (nSPS) is 12.7. The molecular weight excluding hydrogens is 314 g/mol. The molecule has 1 unspecified atom stereocenters. The van der Waals surface area contributed by atoms with Gasteiger partial charge in [-0.05, 0) is 22.8 Å². The number of aromatic nitrogens is 3. The third-order valence-corrected chi connectivity index (χ3v) is 4.56. The van der Waals surface area contributed by atoms with Crippen LogP contribution in [0.2, 0.25) is 0 Å². The second-order valence-electron chi connectivity index (χ2n) is 4.86. The van der Waals surface area contributed by atoms with Gasteiger partial charge in [-0.25, -0.2) is 4.68 Å². The van der Waals surface area contributed by atoms with E-state index in [4.69, 9.17) is 0 Å². The van der Waals surface area contributed by atoms with Crippen LogP contribution in [-0.2, 0) is 6.54 Å². The van der Waals surface area contributed by atoms with E-state index in [9.17, 15) is 0 Å². The molecule has 0 aliphatic carbocycles. The van der Waals surface area contributed by atoms with Crippen LogP contribution in [-0.4, -0.2) is 15.0 Å². The summed E-state index contributed by atoms with van der Waals surface area (Å²) in [6.07, 6.45) is 3.03. The Morgan fingerprint density at radius 2 is 1.95 bits per heavy atom. The van der Waals surface area contributed by atoms with Gasteiger partial charge in [0.2, 0.25) is 0 Å². The van der Waals surface area contributed by atoms with E-state index >= 15 is 0 Å². The molecule has 0 aliphatic rings. The molecule has 0 bridgehead atoms. The first-order chi connectivity index (χ1) is 9.78. The lowest BCUT2D eigenvalue weighted by molar-refractivity contribution is 0.651. The van der Waals surface area contributed by atoms with Gasteiger partial charge in [0, 0.05) is 6.20 Å². The Labute approximate surface area is 126 Å². The molecule has 1 heterocycles. The van der Waals surface area contributed by atoms with Gasteiger partial charge in [-0.3, -0.25) is 0 Å². The average molecular weight is 330 g/mol. The van der Waals surface area contributed by atoms with Crippen molar-refractivity contribution in [3.63, 3.8) is 0 Å². The molecule has 0 N–H and O–H groups in total. The highest BCUT2D eigenvalue weighted by molar-refractivity contribution is 9.09. The molecule has 0 saturated carbocycles. The molecule has 0 fully saturated rings. The molecule has 0 aliphatic heterocycles. The van der Waals surface area contributed by atoms with E-state index in [0.29, 0.717) is 0 Å². The number of alkyl halides is 1. The first-order valence-electron chi connectivity index (χ1n) is 6.78. The Morgan fingerprint density at radius 3 is 2.80 bits per heavy atom. The van der Waals surface area contributed by atoms with E-state index in [-0.39, 0.29) is 4.83 Å². The predicted octanol–water partition coefficient (Wildman–Crippen LogP) is 4.33. The predicted molar refractivity (Wildman–Crippen MR) is 85.0 cm³/mol. The monoisotopic (exact) mass is 329 g/mol. The zero-order chi connectivity index (χ0) is 13.9. The lowest BCUT2D eigenvalue weighted by Gasteiger charge is -2.06. The van der Waals surface area contributed by atoms with Gasteiger partial charge in [0.05, 0.1) is 17.1 Å². The van der Waals surface area contributed by atoms with Crippen LogP contribution in [0, 0.1) is 0 Å². The molecule has 0 radical (unpaired) electrons. The van der Waals surface area contributed by atoms with E-state index in [1.165, 1.54) is 16.3 Å². The van der Waals surface area contributed by atoms with Crippen LogP contribution in [0.1, 0.15) is 29.4 Å². The molecular formula is C16H16BrN3. The first kappa shape index (κ1) is 13.3. The average Bonchev–Trinajstić information content (AvgIpc) is 2.95. The summed E-state index contributed by atoms with van der Waals surface area (Å²) in [5, 5.41) is 11.0. The molecule has 0 spiro atoms. The molecule has 1 aromatic heterocycles. The number of rotatable bonds is 4. The van der Waals surface area contributed by atoms with Crippen LogP contribution < -0.4 is 0 Å². The topological polar surface area (TPSA) is 30.7 Å². The Morgan fingerprint density at radius 1 is 1.15 bits per heavy atom. The zero-order valence-corrected chi connectivity index (χ0v) is 12.9. The number of halogens is 1. The quantitative estimate of drug-likeness (QED) is 0.667. The smallest absolute Gasteiger partial charge is 0.0963 e. The Bertz CT molecular complexity index is 715. The van der Waals surface area contributed by atoms with Crippen molar-refractivity contribution in [2.75, 3.05) is 0 Å². The van der Waals surface area contributed by atoms with Crippen LogP contribution in [0.3, 0.4) is 0 Å². The lowest BCUT2D eigenvalue weighted by atomic mass is 10.0. The standard InChI is InChI=1S/C16H16BrN3/c1-2-15(17)16-11-20(19-18-16)10-13-8-5-7-12-6-3-4-9-14(12)13/h3-9,11,15H,2,10H2,1H3. The maximum Gasteiger partial charge on any atom is 0.0963 e. The highest BCUT2D eigenvalue weighted by atomic mass is 79.9. The SMILES string of the molecule is CCC(Br)c1cn(Cc2cccc3ccccc23)nn1. The van der Waals surface area contributed by atoms with Crippen molar-refractivity contribution in [3.05, 3.63) is 59.9 Å². The molecule has 3 nitrogen and oxygen atoms in total. The number of hydrogen-bond donors (Lipinski definition) is 0. The molecule has 4 heteroatoms. The molecule has 0 amide bonds. The summed E-state index contributed by atoms with van der Waals surface area (Å²) in [4.78, 5) is 0.281. The Balaban J connectivity index is 1.91. The maximum absolute atomic E-state index is 4.23. The van der Waals surface area contributed by atoms with Gasteiger partial charge >= 0.3 is 0 Å². The maximum atomic E-state index is 4.23. The van der Waals surface area contributed by atoms with E-state index in [2.05, 4.69) is 75.6 Å². The van der Waals surface area contributed by atoms with Gasteiger partial charge in [0.1, 0.15) is 0 Å². The van der Waals surface area contributed by atoms with Crippen LogP contribution in [0.5, 0.6) is 0 Å². The molecule has 2 aromatic carbocycles. The van der Waals surface area contributed by atoms with E-state index in [1.54, 1.807) is 0 Å². The zero-order valence-electron chi connectivity index (χ0n) is 11.3. The van der Waals surface area contributed by atoms with E-state index < -0.39 is 0 Å². The van der Waals surface area contributed by atoms with Gasteiger partial charge in [0.15, 0.2) is 0 Å². The van der Waals surface area contributed by atoms with E-state index in [0.717, 1.165) is 18.7 Å². The Kier molecular flexibility index (Phi) is 3.83. The molecule has 1 atom stereocenters.